The van der Waals surface area contributed by atoms with Gasteiger partial charge >= 0.3 is 0 Å². The summed E-state index contributed by atoms with van der Waals surface area (Å²) < 4.78 is 5.89. The summed E-state index contributed by atoms with van der Waals surface area (Å²) >= 11 is 0. The molecule has 1 aromatic rings. The van der Waals surface area contributed by atoms with Crippen molar-refractivity contribution in [1.29, 1.82) is 0 Å². The van der Waals surface area contributed by atoms with Crippen LogP contribution in [-0.4, -0.2) is 24.2 Å². The van der Waals surface area contributed by atoms with Crippen LogP contribution in [0.5, 0.6) is 5.75 Å². The highest BCUT2D eigenvalue weighted by atomic mass is 16.5. The van der Waals surface area contributed by atoms with Crippen LogP contribution in [0.2, 0.25) is 0 Å². The fourth-order valence-electron chi connectivity index (χ4n) is 1.88. The third-order valence-electron chi connectivity index (χ3n) is 2.71. The lowest BCUT2D eigenvalue weighted by atomic mass is 10.1. The highest BCUT2D eigenvalue weighted by Crippen LogP contribution is 2.15. The van der Waals surface area contributed by atoms with Gasteiger partial charge < -0.3 is 10.1 Å². The first-order valence-corrected chi connectivity index (χ1v) is 5.72. The number of pyridine rings is 1. The average Bonchev–Trinajstić information content (AvgIpc) is 2.23. The molecule has 1 aliphatic rings. The number of hydrogen-bond acceptors (Lipinski definition) is 3. The summed E-state index contributed by atoms with van der Waals surface area (Å²) in [5.41, 5.74) is 0. The fourth-order valence-corrected chi connectivity index (χ4v) is 1.88. The summed E-state index contributed by atoms with van der Waals surface area (Å²) in [6.07, 6.45) is 8.66. The molecule has 94 valence electrons. The van der Waals surface area contributed by atoms with Gasteiger partial charge in [0.15, 0.2) is 0 Å². The number of nitrogens with zero attached hydrogens (tertiary/aromatic N) is 1. The fraction of sp³-hybridized carbons (Fsp3) is 0.500. The molecule has 0 spiro atoms. The second kappa shape index (κ2) is 8.99. The van der Waals surface area contributed by atoms with Crippen molar-refractivity contribution in [2.45, 2.75) is 31.8 Å². The molecule has 0 unspecified atom stereocenters. The van der Waals surface area contributed by atoms with Crippen molar-refractivity contribution in [2.75, 3.05) is 13.1 Å². The zero-order valence-electron chi connectivity index (χ0n) is 10.4. The van der Waals surface area contributed by atoms with Crippen molar-refractivity contribution in [3.05, 3.63) is 39.4 Å². The molecular formula is C14H22N2O. The predicted octanol–water partition coefficient (Wildman–Crippen LogP) is 2.65. The Balaban J connectivity index is 0.00000128. The van der Waals surface area contributed by atoms with Crippen LogP contribution < -0.4 is 10.1 Å². The maximum atomic E-state index is 5.89. The van der Waals surface area contributed by atoms with E-state index in [2.05, 4.69) is 10.3 Å². The largest absolute Gasteiger partial charge is 0.489 e. The van der Waals surface area contributed by atoms with E-state index in [1.807, 2.05) is 12.1 Å². The van der Waals surface area contributed by atoms with E-state index in [0.717, 1.165) is 31.7 Å². The van der Waals surface area contributed by atoms with Crippen LogP contribution in [0.3, 0.4) is 0 Å². The first-order valence-electron chi connectivity index (χ1n) is 5.72. The molecule has 1 aliphatic heterocycles. The average molecular weight is 234 g/mol. The molecule has 0 aromatic carbocycles. The first kappa shape index (κ1) is 15.9. The van der Waals surface area contributed by atoms with E-state index < -0.39 is 0 Å². The quantitative estimate of drug-likeness (QED) is 0.854. The number of rotatable bonds is 2. The zero-order chi connectivity index (χ0) is 10.3. The second-order valence-electron chi connectivity index (χ2n) is 3.96. The molecule has 1 N–H and O–H groups in total. The van der Waals surface area contributed by atoms with Crippen molar-refractivity contribution in [3.8, 4) is 5.75 Å². The Kier molecular flexibility index (Phi) is 8.42. The van der Waals surface area contributed by atoms with Crippen molar-refractivity contribution >= 4 is 0 Å². The van der Waals surface area contributed by atoms with Crippen LogP contribution in [-0.2, 0) is 0 Å². The molecule has 3 nitrogen and oxygen atoms in total. The summed E-state index contributed by atoms with van der Waals surface area (Å²) in [6.45, 7) is 2.21. The summed E-state index contributed by atoms with van der Waals surface area (Å²) in [5.74, 6) is 0.892. The Morgan fingerprint density at radius 1 is 1.18 bits per heavy atom. The van der Waals surface area contributed by atoms with E-state index in [0.29, 0.717) is 6.10 Å². The molecule has 0 saturated carbocycles. The van der Waals surface area contributed by atoms with E-state index in [-0.39, 0.29) is 14.9 Å². The summed E-state index contributed by atoms with van der Waals surface area (Å²) in [7, 11) is 0. The van der Waals surface area contributed by atoms with Gasteiger partial charge in [0.2, 0.25) is 0 Å². The second-order valence-corrected chi connectivity index (χ2v) is 3.96. The van der Waals surface area contributed by atoms with Crippen LogP contribution in [0.4, 0.5) is 0 Å². The number of aromatic nitrogens is 1. The highest BCUT2D eigenvalue weighted by molar-refractivity contribution is 5.15. The molecule has 1 saturated heterocycles. The molecule has 17 heavy (non-hydrogen) atoms. The van der Waals surface area contributed by atoms with E-state index in [1.54, 1.807) is 12.4 Å². The minimum atomic E-state index is 0. The Morgan fingerprint density at radius 3 is 2.82 bits per heavy atom. The van der Waals surface area contributed by atoms with Gasteiger partial charge in [0, 0.05) is 6.20 Å². The van der Waals surface area contributed by atoms with Crippen LogP contribution in [0.15, 0.2) is 24.5 Å². The normalized spacial score (nSPS) is 20.1. The molecule has 1 atom stereocenters. The van der Waals surface area contributed by atoms with Gasteiger partial charge in [0.1, 0.15) is 5.75 Å². The van der Waals surface area contributed by atoms with Gasteiger partial charge in [-0.15, -0.1) is 0 Å². The predicted molar refractivity (Wildman–Crippen MR) is 70.7 cm³/mol. The molecule has 0 bridgehead atoms. The van der Waals surface area contributed by atoms with Crippen molar-refractivity contribution in [1.82, 2.24) is 10.3 Å². The third-order valence-corrected chi connectivity index (χ3v) is 2.71. The van der Waals surface area contributed by atoms with Crippen molar-refractivity contribution in [2.24, 2.45) is 0 Å². The number of hydrogen-bond donors (Lipinski definition) is 1. The van der Waals surface area contributed by atoms with Gasteiger partial charge in [-0.2, -0.15) is 0 Å². The van der Waals surface area contributed by atoms with Crippen molar-refractivity contribution in [3.63, 3.8) is 0 Å². The van der Waals surface area contributed by atoms with Gasteiger partial charge in [0.05, 0.1) is 12.3 Å². The summed E-state index contributed by atoms with van der Waals surface area (Å²) in [4.78, 5) is 4.05. The number of ether oxygens (including phenoxy) is 1. The van der Waals surface area contributed by atoms with E-state index in [1.165, 1.54) is 12.8 Å². The Bertz CT molecular complexity index is 269. The Morgan fingerprint density at radius 2 is 2.06 bits per heavy atom. The monoisotopic (exact) mass is 234 g/mol. The first-order chi connectivity index (χ1) is 7.45. The molecule has 1 fully saturated rings. The number of nitrogens with one attached hydrogen (secondary N) is 1. The van der Waals surface area contributed by atoms with Gasteiger partial charge in [-0.1, -0.05) is 14.9 Å². The molecule has 2 rings (SSSR count). The molecule has 0 aliphatic carbocycles. The molecule has 4 radical (unpaired) electrons. The summed E-state index contributed by atoms with van der Waals surface area (Å²) in [5, 5.41) is 3.41. The third kappa shape index (κ3) is 5.68. The smallest absolute Gasteiger partial charge is 0.137 e. The van der Waals surface area contributed by atoms with Gasteiger partial charge in [-0.25, -0.2) is 0 Å². The van der Waals surface area contributed by atoms with Crippen LogP contribution in [0, 0.1) is 14.9 Å². The lowest BCUT2D eigenvalue weighted by Gasteiger charge is -2.21. The van der Waals surface area contributed by atoms with Crippen molar-refractivity contribution < 1.29 is 4.74 Å². The van der Waals surface area contributed by atoms with E-state index >= 15 is 0 Å². The molecule has 2 heterocycles. The zero-order valence-corrected chi connectivity index (χ0v) is 10.4. The highest BCUT2D eigenvalue weighted by Gasteiger charge is 2.12. The minimum absolute atomic E-state index is 0. The Labute approximate surface area is 106 Å². The van der Waals surface area contributed by atoms with Gasteiger partial charge in [-0.3, -0.25) is 4.98 Å². The van der Waals surface area contributed by atoms with Crippen LogP contribution in [0.1, 0.15) is 25.7 Å². The van der Waals surface area contributed by atoms with Gasteiger partial charge in [0.25, 0.3) is 0 Å². The van der Waals surface area contributed by atoms with E-state index in [9.17, 15) is 0 Å². The summed E-state index contributed by atoms with van der Waals surface area (Å²) in [6, 6.07) is 3.88. The standard InChI is InChI=1S/C12H18N2O.2CH2/c1-2-7-13-9-6-11(4-1)15-12-5-3-8-14-10-12;;/h3,5,8,10-11,13H,1-2,4,6-7,9H2;2*1H2/t11-;;/m1../s1. The topological polar surface area (TPSA) is 34.1 Å². The van der Waals surface area contributed by atoms with Crippen LogP contribution >= 0.6 is 0 Å². The lowest BCUT2D eigenvalue weighted by Crippen LogP contribution is -2.28. The molecule has 1 aromatic heterocycles. The molecule has 0 amide bonds. The molecule has 3 heteroatoms. The Hall–Kier alpha value is -1.09. The minimum Gasteiger partial charge on any atom is -0.489 e. The van der Waals surface area contributed by atoms with Crippen LogP contribution in [0.25, 0.3) is 0 Å². The maximum Gasteiger partial charge on any atom is 0.137 e. The van der Waals surface area contributed by atoms with Gasteiger partial charge in [-0.05, 0) is 50.9 Å². The van der Waals surface area contributed by atoms with E-state index in [4.69, 9.17) is 4.74 Å². The maximum absolute atomic E-state index is 5.89. The SMILES string of the molecule is [CH2].[CH2].c1cncc(O[C@@H]2CCCCNCC2)c1. The lowest BCUT2D eigenvalue weighted by molar-refractivity contribution is 0.170. The molecular weight excluding hydrogens is 212 g/mol.